The van der Waals surface area contributed by atoms with Crippen LogP contribution in [-0.2, 0) is 0 Å². The molecular formula is C10H9BrS. The van der Waals surface area contributed by atoms with Gasteiger partial charge in [-0.2, -0.15) is 11.8 Å². The number of hydrogen-bond donors (Lipinski definition) is 0. The lowest BCUT2D eigenvalue weighted by atomic mass is 10.1. The fourth-order valence-electron chi connectivity index (χ4n) is 1.28. The van der Waals surface area contributed by atoms with Gasteiger partial charge >= 0.3 is 0 Å². The van der Waals surface area contributed by atoms with Gasteiger partial charge in [0.25, 0.3) is 0 Å². The van der Waals surface area contributed by atoms with E-state index >= 15 is 0 Å². The number of hydrogen-bond acceptors (Lipinski definition) is 1. The molecule has 0 saturated carbocycles. The first-order valence-electron chi connectivity index (χ1n) is 3.89. The Hall–Kier alpha value is -0.210. The maximum Gasteiger partial charge on any atom is 0.0190 e. The number of thioether (sulfide) groups is 1. The normalized spacial score (nSPS) is 16.2. The molecule has 2 heteroatoms. The van der Waals surface area contributed by atoms with Crippen molar-refractivity contribution in [2.75, 3.05) is 11.5 Å². The van der Waals surface area contributed by atoms with Gasteiger partial charge in [-0.3, -0.25) is 0 Å². The van der Waals surface area contributed by atoms with E-state index in [1.807, 2.05) is 11.8 Å². The molecule has 0 nitrogen and oxygen atoms in total. The standard InChI is InChI=1S/C10H9BrS/c11-10-3-1-2-8(6-10)9-4-5-12-7-9/h1-4,6H,5,7H2. The van der Waals surface area contributed by atoms with E-state index in [0.717, 1.165) is 10.2 Å². The first-order valence-corrected chi connectivity index (χ1v) is 5.84. The van der Waals surface area contributed by atoms with Crippen LogP contribution in [0.1, 0.15) is 5.56 Å². The molecular weight excluding hydrogens is 232 g/mol. The van der Waals surface area contributed by atoms with Crippen LogP contribution in [0.25, 0.3) is 5.57 Å². The van der Waals surface area contributed by atoms with Gasteiger partial charge in [0.1, 0.15) is 0 Å². The van der Waals surface area contributed by atoms with E-state index in [1.54, 1.807) is 0 Å². The lowest BCUT2D eigenvalue weighted by molar-refractivity contribution is 1.55. The monoisotopic (exact) mass is 240 g/mol. The van der Waals surface area contributed by atoms with Crippen molar-refractivity contribution in [3.8, 4) is 0 Å². The molecule has 0 aromatic heterocycles. The van der Waals surface area contributed by atoms with Gasteiger partial charge in [0.2, 0.25) is 0 Å². The highest BCUT2D eigenvalue weighted by Crippen LogP contribution is 2.27. The molecule has 0 fully saturated rings. The summed E-state index contributed by atoms with van der Waals surface area (Å²) in [4.78, 5) is 0. The summed E-state index contributed by atoms with van der Waals surface area (Å²) in [5, 5.41) is 0. The van der Waals surface area contributed by atoms with E-state index in [1.165, 1.54) is 16.9 Å². The summed E-state index contributed by atoms with van der Waals surface area (Å²) in [6.45, 7) is 0. The molecule has 12 heavy (non-hydrogen) atoms. The SMILES string of the molecule is Brc1cccc(C2=CCSC2)c1. The predicted molar refractivity (Wildman–Crippen MR) is 59.4 cm³/mol. The van der Waals surface area contributed by atoms with Gasteiger partial charge in [-0.25, -0.2) is 0 Å². The Kier molecular flexibility index (Phi) is 2.57. The summed E-state index contributed by atoms with van der Waals surface area (Å²) < 4.78 is 1.16. The largest absolute Gasteiger partial charge is 0.153 e. The Balaban J connectivity index is 2.33. The summed E-state index contributed by atoms with van der Waals surface area (Å²) in [6, 6.07) is 8.50. The average molecular weight is 241 g/mol. The molecule has 0 radical (unpaired) electrons. The summed E-state index contributed by atoms with van der Waals surface area (Å²) in [6.07, 6.45) is 2.31. The van der Waals surface area contributed by atoms with Gasteiger partial charge in [0, 0.05) is 16.0 Å². The topological polar surface area (TPSA) is 0 Å². The van der Waals surface area contributed by atoms with E-state index < -0.39 is 0 Å². The lowest BCUT2D eigenvalue weighted by Crippen LogP contribution is -1.82. The fourth-order valence-corrected chi connectivity index (χ4v) is 2.62. The van der Waals surface area contributed by atoms with Crippen molar-refractivity contribution in [1.29, 1.82) is 0 Å². The van der Waals surface area contributed by atoms with Crippen LogP contribution in [0.3, 0.4) is 0 Å². The molecule has 0 spiro atoms. The number of halogens is 1. The van der Waals surface area contributed by atoms with Crippen LogP contribution in [0, 0.1) is 0 Å². The van der Waals surface area contributed by atoms with E-state index in [9.17, 15) is 0 Å². The van der Waals surface area contributed by atoms with E-state index in [4.69, 9.17) is 0 Å². The first-order chi connectivity index (χ1) is 5.86. The summed E-state index contributed by atoms with van der Waals surface area (Å²) in [7, 11) is 0. The van der Waals surface area contributed by atoms with E-state index in [-0.39, 0.29) is 0 Å². The van der Waals surface area contributed by atoms with Crippen LogP contribution in [0.15, 0.2) is 34.8 Å². The molecule has 2 rings (SSSR count). The highest BCUT2D eigenvalue weighted by molar-refractivity contribution is 9.10. The van der Waals surface area contributed by atoms with Crippen LogP contribution in [0.5, 0.6) is 0 Å². The summed E-state index contributed by atoms with van der Waals surface area (Å²) in [5.74, 6) is 2.33. The number of benzene rings is 1. The minimum Gasteiger partial charge on any atom is -0.153 e. The summed E-state index contributed by atoms with van der Waals surface area (Å²) >= 11 is 5.45. The molecule has 62 valence electrons. The predicted octanol–water partition coefficient (Wildman–Crippen LogP) is 3.58. The molecule has 0 amide bonds. The highest BCUT2D eigenvalue weighted by atomic mass is 79.9. The average Bonchev–Trinajstić information content (AvgIpc) is 2.56. The van der Waals surface area contributed by atoms with Crippen molar-refractivity contribution in [1.82, 2.24) is 0 Å². The molecule has 1 heterocycles. The maximum absolute atomic E-state index is 3.48. The molecule has 1 aliphatic heterocycles. The third-order valence-electron chi connectivity index (χ3n) is 1.90. The van der Waals surface area contributed by atoms with Gasteiger partial charge in [-0.1, -0.05) is 34.1 Å². The molecule has 1 aliphatic rings. The fraction of sp³-hybridized carbons (Fsp3) is 0.200. The van der Waals surface area contributed by atoms with Crippen molar-refractivity contribution in [3.05, 3.63) is 40.4 Å². The Labute approximate surface area is 85.2 Å². The van der Waals surface area contributed by atoms with Crippen molar-refractivity contribution < 1.29 is 0 Å². The minimum atomic E-state index is 1.16. The van der Waals surface area contributed by atoms with Crippen molar-refractivity contribution in [3.63, 3.8) is 0 Å². The van der Waals surface area contributed by atoms with Gasteiger partial charge in [0.15, 0.2) is 0 Å². The summed E-state index contributed by atoms with van der Waals surface area (Å²) in [5.41, 5.74) is 2.83. The molecule has 1 aromatic rings. The molecule has 1 aromatic carbocycles. The van der Waals surface area contributed by atoms with Gasteiger partial charge in [0.05, 0.1) is 0 Å². The van der Waals surface area contributed by atoms with Crippen molar-refractivity contribution >= 4 is 33.3 Å². The molecule has 0 bridgehead atoms. The van der Waals surface area contributed by atoms with Gasteiger partial charge in [-0.05, 0) is 23.3 Å². The zero-order chi connectivity index (χ0) is 8.39. The third kappa shape index (κ3) is 1.75. The van der Waals surface area contributed by atoms with Gasteiger partial charge < -0.3 is 0 Å². The Morgan fingerprint density at radius 2 is 2.25 bits per heavy atom. The zero-order valence-electron chi connectivity index (χ0n) is 6.59. The second kappa shape index (κ2) is 3.67. The molecule has 0 saturated heterocycles. The van der Waals surface area contributed by atoms with E-state index in [0.29, 0.717) is 0 Å². The van der Waals surface area contributed by atoms with Crippen LogP contribution in [0.2, 0.25) is 0 Å². The molecule has 0 unspecified atom stereocenters. The van der Waals surface area contributed by atoms with Crippen molar-refractivity contribution in [2.24, 2.45) is 0 Å². The molecule has 0 atom stereocenters. The van der Waals surface area contributed by atoms with Crippen molar-refractivity contribution in [2.45, 2.75) is 0 Å². The highest BCUT2D eigenvalue weighted by Gasteiger charge is 2.06. The molecule has 0 aliphatic carbocycles. The van der Waals surface area contributed by atoms with Crippen LogP contribution >= 0.6 is 27.7 Å². The molecule has 0 N–H and O–H groups in total. The second-order valence-electron chi connectivity index (χ2n) is 2.75. The smallest absolute Gasteiger partial charge is 0.0190 e. The van der Waals surface area contributed by atoms with Crippen LogP contribution in [0.4, 0.5) is 0 Å². The lowest BCUT2D eigenvalue weighted by Gasteiger charge is -2.00. The Bertz CT molecular complexity index is 317. The van der Waals surface area contributed by atoms with Crippen LogP contribution in [-0.4, -0.2) is 11.5 Å². The quantitative estimate of drug-likeness (QED) is 0.724. The Morgan fingerprint density at radius 1 is 1.33 bits per heavy atom. The third-order valence-corrected chi connectivity index (χ3v) is 3.31. The van der Waals surface area contributed by atoms with Crippen LogP contribution < -0.4 is 0 Å². The zero-order valence-corrected chi connectivity index (χ0v) is 8.99. The number of rotatable bonds is 1. The maximum atomic E-state index is 3.48. The Morgan fingerprint density at radius 3 is 2.92 bits per heavy atom. The second-order valence-corrected chi connectivity index (χ2v) is 4.70. The minimum absolute atomic E-state index is 1.16. The van der Waals surface area contributed by atoms with E-state index in [2.05, 4.69) is 46.3 Å². The first kappa shape index (κ1) is 8.39. The van der Waals surface area contributed by atoms with Gasteiger partial charge in [-0.15, -0.1) is 0 Å².